The molecule has 0 unspecified atom stereocenters. The molecule has 0 saturated carbocycles. The smallest absolute Gasteiger partial charge is 0.248 e. The van der Waals surface area contributed by atoms with Crippen molar-refractivity contribution in [1.29, 1.82) is 0 Å². The summed E-state index contributed by atoms with van der Waals surface area (Å²) < 4.78 is 0. The number of amides is 1. The number of carbonyl (C=O) groups excluding carboxylic acids is 1. The SMILES string of the molecule is C/C=C/C(C#CC#C[Si](C(C)C)(C(C)C)C(C)C)=C\C(=O)N(C(C)C)C(C)C. The van der Waals surface area contributed by atoms with E-state index in [-0.39, 0.29) is 18.0 Å². The molecule has 0 bridgehead atoms. The zero-order chi connectivity index (χ0) is 22.1. The second kappa shape index (κ2) is 12.0. The Morgan fingerprint density at radius 1 is 0.821 bits per heavy atom. The van der Waals surface area contributed by atoms with Crippen molar-refractivity contribution >= 4 is 14.0 Å². The predicted octanol–water partition coefficient (Wildman–Crippen LogP) is 6.36. The van der Waals surface area contributed by atoms with Gasteiger partial charge in [-0.25, -0.2) is 0 Å². The lowest BCUT2D eigenvalue weighted by atomic mass is 10.1. The molecule has 0 radical (unpaired) electrons. The zero-order valence-corrected chi connectivity index (χ0v) is 21.0. The van der Waals surface area contributed by atoms with Crippen LogP contribution in [0.4, 0.5) is 0 Å². The van der Waals surface area contributed by atoms with Crippen LogP contribution < -0.4 is 0 Å². The first kappa shape index (κ1) is 26.3. The van der Waals surface area contributed by atoms with Crippen molar-refractivity contribution in [2.45, 2.75) is 105 Å². The number of hydrogen-bond acceptors (Lipinski definition) is 1. The highest BCUT2D eigenvalue weighted by Gasteiger charge is 2.41. The van der Waals surface area contributed by atoms with E-state index in [1.54, 1.807) is 6.08 Å². The Balaban J connectivity index is 5.90. The molecule has 0 aliphatic carbocycles. The molecule has 28 heavy (non-hydrogen) atoms. The molecule has 1 amide bonds. The fourth-order valence-corrected chi connectivity index (χ4v) is 9.44. The van der Waals surface area contributed by atoms with Gasteiger partial charge in [-0.2, -0.15) is 0 Å². The Kier molecular flexibility index (Phi) is 11.2. The second-order valence-electron chi connectivity index (χ2n) is 8.93. The Labute approximate surface area is 175 Å². The molecule has 0 rings (SSSR count). The molecular formula is C25H41NOSi. The first-order valence-electron chi connectivity index (χ1n) is 10.6. The fraction of sp³-hybridized carbons (Fsp3) is 0.640. The average molecular weight is 400 g/mol. The van der Waals surface area contributed by atoms with E-state index in [1.165, 1.54) is 0 Å². The fourth-order valence-electron chi connectivity index (χ4n) is 4.29. The van der Waals surface area contributed by atoms with E-state index in [1.807, 2.05) is 51.7 Å². The van der Waals surface area contributed by atoms with Crippen LogP contribution in [0.15, 0.2) is 23.8 Å². The Hall–Kier alpha value is -1.71. The maximum Gasteiger partial charge on any atom is 0.248 e. The van der Waals surface area contributed by atoms with E-state index in [2.05, 4.69) is 64.8 Å². The number of rotatable bonds is 7. The van der Waals surface area contributed by atoms with Gasteiger partial charge in [0.05, 0.1) is 0 Å². The van der Waals surface area contributed by atoms with Gasteiger partial charge in [0.15, 0.2) is 0 Å². The lowest BCUT2D eigenvalue weighted by molar-refractivity contribution is -0.129. The van der Waals surface area contributed by atoms with Gasteiger partial charge >= 0.3 is 0 Å². The van der Waals surface area contributed by atoms with Gasteiger partial charge in [-0.15, -0.1) is 5.54 Å². The molecule has 0 aromatic carbocycles. The highest BCUT2D eigenvalue weighted by molar-refractivity contribution is 6.90. The molecule has 0 N–H and O–H groups in total. The third-order valence-corrected chi connectivity index (χ3v) is 11.7. The van der Waals surface area contributed by atoms with Crippen molar-refractivity contribution in [2.75, 3.05) is 0 Å². The van der Waals surface area contributed by atoms with Crippen molar-refractivity contribution in [3.63, 3.8) is 0 Å². The van der Waals surface area contributed by atoms with Crippen LogP contribution in [-0.2, 0) is 4.79 Å². The maximum atomic E-state index is 12.7. The third-order valence-electron chi connectivity index (χ3n) is 5.41. The molecule has 0 aliphatic heterocycles. The third kappa shape index (κ3) is 7.03. The van der Waals surface area contributed by atoms with Crippen molar-refractivity contribution < 1.29 is 4.79 Å². The first-order chi connectivity index (χ1) is 12.9. The van der Waals surface area contributed by atoms with E-state index in [0.717, 1.165) is 0 Å². The van der Waals surface area contributed by atoms with Crippen LogP contribution in [0.25, 0.3) is 0 Å². The quantitative estimate of drug-likeness (QED) is 0.211. The van der Waals surface area contributed by atoms with Gasteiger partial charge in [0, 0.05) is 23.7 Å². The summed E-state index contributed by atoms with van der Waals surface area (Å²) >= 11 is 0. The van der Waals surface area contributed by atoms with Crippen LogP contribution in [0.5, 0.6) is 0 Å². The molecule has 0 aliphatic rings. The topological polar surface area (TPSA) is 20.3 Å². The van der Waals surface area contributed by atoms with E-state index in [4.69, 9.17) is 0 Å². The number of nitrogens with zero attached hydrogens (tertiary/aromatic N) is 1. The second-order valence-corrected chi connectivity index (χ2v) is 14.5. The Bertz CT molecular complexity index is 658. The van der Waals surface area contributed by atoms with E-state index in [9.17, 15) is 4.79 Å². The molecular weight excluding hydrogens is 358 g/mol. The van der Waals surface area contributed by atoms with Crippen LogP contribution in [0.1, 0.15) is 76.2 Å². The largest absolute Gasteiger partial charge is 0.334 e. The summed E-state index contributed by atoms with van der Waals surface area (Å²) in [7, 11) is -1.77. The molecule has 0 heterocycles. The Morgan fingerprint density at radius 3 is 1.64 bits per heavy atom. The van der Waals surface area contributed by atoms with Crippen LogP contribution in [-0.4, -0.2) is 31.0 Å². The maximum absolute atomic E-state index is 12.7. The van der Waals surface area contributed by atoms with Crippen molar-refractivity contribution in [2.24, 2.45) is 0 Å². The minimum atomic E-state index is -1.77. The number of allylic oxidation sites excluding steroid dienone is 3. The molecule has 0 aromatic heterocycles. The molecule has 0 saturated heterocycles. The monoisotopic (exact) mass is 399 g/mol. The van der Waals surface area contributed by atoms with E-state index >= 15 is 0 Å². The summed E-state index contributed by atoms with van der Waals surface area (Å²) in [5.41, 5.74) is 6.07. The summed E-state index contributed by atoms with van der Waals surface area (Å²) in [5.74, 6) is 9.28. The number of hydrogen-bond donors (Lipinski definition) is 0. The molecule has 0 atom stereocenters. The van der Waals surface area contributed by atoms with Gasteiger partial charge in [0.25, 0.3) is 0 Å². The summed E-state index contributed by atoms with van der Waals surface area (Å²) in [4.78, 5) is 14.6. The molecule has 0 spiro atoms. The van der Waals surface area contributed by atoms with Gasteiger partial charge in [-0.3, -0.25) is 4.79 Å². The number of carbonyl (C=O) groups is 1. The molecule has 3 heteroatoms. The van der Waals surface area contributed by atoms with Crippen LogP contribution in [0.3, 0.4) is 0 Å². The van der Waals surface area contributed by atoms with Gasteiger partial charge in [-0.05, 0) is 63.1 Å². The minimum Gasteiger partial charge on any atom is -0.334 e. The van der Waals surface area contributed by atoms with Crippen molar-refractivity contribution in [1.82, 2.24) is 4.90 Å². The van der Waals surface area contributed by atoms with Gasteiger partial charge in [-0.1, -0.05) is 59.6 Å². The van der Waals surface area contributed by atoms with Crippen LogP contribution in [0, 0.1) is 23.3 Å². The molecule has 0 aromatic rings. The highest BCUT2D eigenvalue weighted by atomic mass is 28.3. The minimum absolute atomic E-state index is 0.00405. The highest BCUT2D eigenvalue weighted by Crippen LogP contribution is 2.40. The lowest BCUT2D eigenvalue weighted by Crippen LogP contribution is -2.43. The summed E-state index contributed by atoms with van der Waals surface area (Å²) in [6.45, 7) is 23.8. The van der Waals surface area contributed by atoms with E-state index < -0.39 is 8.07 Å². The van der Waals surface area contributed by atoms with Gasteiger partial charge in [0.2, 0.25) is 5.91 Å². The standard InChI is InChI=1S/C25H41NOSi/c1-12-15-24(18-25(27)26(19(2)3)20(4)5)16-13-14-17-28(21(6)7,22(8)9)23(10)11/h12,15,18-23H,1-11H3/b15-12+,24-18+. The summed E-state index contributed by atoms with van der Waals surface area (Å²) in [6, 6.07) is 0.302. The van der Waals surface area contributed by atoms with E-state index in [0.29, 0.717) is 22.2 Å². The van der Waals surface area contributed by atoms with Gasteiger partial charge in [0.1, 0.15) is 8.07 Å². The molecule has 156 valence electrons. The zero-order valence-electron chi connectivity index (χ0n) is 20.0. The normalized spacial score (nSPS) is 12.6. The molecule has 2 nitrogen and oxygen atoms in total. The molecule has 0 fully saturated rings. The summed E-state index contributed by atoms with van der Waals surface area (Å²) in [5, 5.41) is 0. The van der Waals surface area contributed by atoms with Crippen LogP contribution >= 0.6 is 0 Å². The average Bonchev–Trinajstić information content (AvgIpc) is 2.52. The first-order valence-corrected chi connectivity index (χ1v) is 12.8. The predicted molar refractivity (Wildman–Crippen MR) is 127 cm³/mol. The van der Waals surface area contributed by atoms with Crippen LogP contribution in [0.2, 0.25) is 16.6 Å². The van der Waals surface area contributed by atoms with Crippen molar-refractivity contribution in [3.8, 4) is 23.3 Å². The Morgan fingerprint density at radius 2 is 1.29 bits per heavy atom. The summed E-state index contributed by atoms with van der Waals surface area (Å²) in [6.07, 6.45) is 5.42. The van der Waals surface area contributed by atoms with Crippen molar-refractivity contribution in [3.05, 3.63) is 23.8 Å². The van der Waals surface area contributed by atoms with Gasteiger partial charge < -0.3 is 4.90 Å². The lowest BCUT2D eigenvalue weighted by Gasteiger charge is -2.37.